The number of carbonyl (C=O) groups excluding carboxylic acids is 2. The fourth-order valence-corrected chi connectivity index (χ4v) is 1.79. The number of carbonyl (C=O) groups is 2. The van der Waals surface area contributed by atoms with Crippen molar-refractivity contribution in [2.75, 3.05) is 6.54 Å². The highest BCUT2D eigenvalue weighted by Gasteiger charge is 2.24. The van der Waals surface area contributed by atoms with Crippen LogP contribution in [0, 0.1) is 10.1 Å². The van der Waals surface area contributed by atoms with Crippen LogP contribution in [0.15, 0.2) is 30.3 Å². The quantitative estimate of drug-likeness (QED) is 0.395. The fraction of sp³-hybridized carbons (Fsp3) is 0.429. The zero-order valence-electron chi connectivity index (χ0n) is 12.5. The van der Waals surface area contributed by atoms with Crippen LogP contribution in [-0.2, 0) is 21.0 Å². The molecule has 0 fully saturated rings. The van der Waals surface area contributed by atoms with Crippen molar-refractivity contribution in [2.24, 2.45) is 5.73 Å². The van der Waals surface area contributed by atoms with Gasteiger partial charge in [-0.1, -0.05) is 30.3 Å². The van der Waals surface area contributed by atoms with Gasteiger partial charge in [0, 0.05) is 0 Å². The van der Waals surface area contributed by atoms with Crippen LogP contribution in [0.3, 0.4) is 0 Å². The summed E-state index contributed by atoms with van der Waals surface area (Å²) in [6, 6.07) is 7.79. The molecule has 0 aliphatic carbocycles. The molecule has 1 aromatic carbocycles. The Hall–Kier alpha value is -2.68. The molecule has 1 aromatic rings. The standard InChI is InChI=1S/C14H19N3O6/c15-9-5-4-8-12(13(18)23-17(20)21)16-14(19)22-10-11-6-2-1-3-7-11/h1-3,6-7,12H,4-5,8-10,15H2,(H,16,19)/t12-/m0/s1. The first-order valence-electron chi connectivity index (χ1n) is 7.06. The highest BCUT2D eigenvalue weighted by Crippen LogP contribution is 2.05. The summed E-state index contributed by atoms with van der Waals surface area (Å²) in [6.45, 7) is 0.432. The van der Waals surface area contributed by atoms with Gasteiger partial charge in [-0.05, 0) is 31.4 Å². The molecule has 0 aliphatic rings. The van der Waals surface area contributed by atoms with E-state index in [-0.39, 0.29) is 13.0 Å². The van der Waals surface area contributed by atoms with Crippen molar-refractivity contribution in [3.05, 3.63) is 46.0 Å². The fourth-order valence-electron chi connectivity index (χ4n) is 1.79. The van der Waals surface area contributed by atoms with E-state index >= 15 is 0 Å². The van der Waals surface area contributed by atoms with Crippen LogP contribution in [0.5, 0.6) is 0 Å². The summed E-state index contributed by atoms with van der Waals surface area (Å²) in [6.07, 6.45) is 0.437. The number of benzene rings is 1. The maximum Gasteiger partial charge on any atom is 0.408 e. The van der Waals surface area contributed by atoms with E-state index in [0.29, 0.717) is 19.4 Å². The molecular formula is C14H19N3O6. The predicted octanol–water partition coefficient (Wildman–Crippen LogP) is 1.15. The average Bonchev–Trinajstić information content (AvgIpc) is 2.52. The van der Waals surface area contributed by atoms with Crippen molar-refractivity contribution in [3.63, 3.8) is 0 Å². The van der Waals surface area contributed by atoms with E-state index in [2.05, 4.69) is 10.2 Å². The van der Waals surface area contributed by atoms with Gasteiger partial charge in [0.25, 0.3) is 0 Å². The maximum absolute atomic E-state index is 11.7. The van der Waals surface area contributed by atoms with Crippen molar-refractivity contribution in [3.8, 4) is 0 Å². The zero-order chi connectivity index (χ0) is 17.1. The van der Waals surface area contributed by atoms with Crippen LogP contribution in [0.25, 0.3) is 0 Å². The van der Waals surface area contributed by atoms with Crippen molar-refractivity contribution in [1.82, 2.24) is 5.32 Å². The number of hydrogen-bond acceptors (Lipinski definition) is 7. The van der Waals surface area contributed by atoms with Gasteiger partial charge in [-0.25, -0.2) is 9.63 Å². The maximum atomic E-state index is 11.7. The molecule has 0 spiro atoms. The van der Waals surface area contributed by atoms with Gasteiger partial charge in [0.1, 0.15) is 12.6 Å². The third-order valence-electron chi connectivity index (χ3n) is 2.90. The van der Waals surface area contributed by atoms with Gasteiger partial charge in [0.2, 0.25) is 0 Å². The summed E-state index contributed by atoms with van der Waals surface area (Å²) in [7, 11) is 0. The van der Waals surface area contributed by atoms with Crippen LogP contribution in [0.4, 0.5) is 4.79 Å². The molecule has 0 radical (unpaired) electrons. The third-order valence-corrected chi connectivity index (χ3v) is 2.90. The second-order valence-corrected chi connectivity index (χ2v) is 4.68. The van der Waals surface area contributed by atoms with Gasteiger partial charge in [-0.15, -0.1) is 10.1 Å². The lowest BCUT2D eigenvalue weighted by molar-refractivity contribution is -0.730. The van der Waals surface area contributed by atoms with E-state index in [9.17, 15) is 19.7 Å². The molecule has 0 aromatic heterocycles. The summed E-state index contributed by atoms with van der Waals surface area (Å²) >= 11 is 0. The van der Waals surface area contributed by atoms with Gasteiger partial charge in [0.05, 0.1) is 0 Å². The molecule has 126 valence electrons. The largest absolute Gasteiger partial charge is 0.445 e. The molecule has 1 atom stereocenters. The van der Waals surface area contributed by atoms with Gasteiger partial charge >= 0.3 is 17.1 Å². The number of ether oxygens (including phenoxy) is 1. The smallest absolute Gasteiger partial charge is 0.408 e. The number of hydrogen-bond donors (Lipinski definition) is 2. The number of alkyl carbamates (subject to hydrolysis) is 1. The summed E-state index contributed by atoms with van der Waals surface area (Å²) in [5, 5.41) is 11.3. The van der Waals surface area contributed by atoms with Gasteiger partial charge < -0.3 is 15.8 Å². The predicted molar refractivity (Wildman–Crippen MR) is 79.5 cm³/mol. The molecule has 0 unspecified atom stereocenters. The average molecular weight is 325 g/mol. The SMILES string of the molecule is NCCCC[C@H](NC(=O)OCc1ccccc1)C(=O)O[N+](=O)[O-]. The minimum atomic E-state index is -1.21. The lowest BCUT2D eigenvalue weighted by Gasteiger charge is -2.16. The van der Waals surface area contributed by atoms with Crippen molar-refractivity contribution >= 4 is 12.1 Å². The molecule has 9 heteroatoms. The Morgan fingerprint density at radius 2 is 1.96 bits per heavy atom. The van der Waals surface area contributed by atoms with E-state index in [0.717, 1.165) is 5.56 Å². The highest BCUT2D eigenvalue weighted by molar-refractivity contribution is 5.80. The number of nitrogens with zero attached hydrogens (tertiary/aromatic N) is 1. The summed E-state index contributed by atoms with van der Waals surface area (Å²) in [4.78, 5) is 37.4. The summed E-state index contributed by atoms with van der Waals surface area (Å²) in [5.41, 5.74) is 6.12. The van der Waals surface area contributed by atoms with E-state index in [1.54, 1.807) is 24.3 Å². The van der Waals surface area contributed by atoms with Crippen molar-refractivity contribution < 1.29 is 24.3 Å². The molecular weight excluding hydrogens is 306 g/mol. The van der Waals surface area contributed by atoms with Crippen LogP contribution in [0.1, 0.15) is 24.8 Å². The summed E-state index contributed by atoms with van der Waals surface area (Å²) in [5.74, 6) is -1.15. The first kappa shape index (κ1) is 18.4. The molecule has 9 nitrogen and oxygen atoms in total. The first-order chi connectivity index (χ1) is 11.0. The van der Waals surface area contributed by atoms with E-state index in [1.807, 2.05) is 6.07 Å². The molecule has 0 saturated heterocycles. The minimum Gasteiger partial charge on any atom is -0.445 e. The molecule has 0 heterocycles. The Morgan fingerprint density at radius 3 is 2.57 bits per heavy atom. The molecule has 0 saturated carbocycles. The Bertz CT molecular complexity index is 523. The summed E-state index contributed by atoms with van der Waals surface area (Å²) < 4.78 is 4.97. The molecule has 1 amide bonds. The highest BCUT2D eigenvalue weighted by atomic mass is 17.0. The Labute approximate surface area is 132 Å². The van der Waals surface area contributed by atoms with Gasteiger partial charge in [-0.3, -0.25) is 4.79 Å². The molecule has 23 heavy (non-hydrogen) atoms. The Balaban J connectivity index is 2.51. The second-order valence-electron chi connectivity index (χ2n) is 4.68. The lowest BCUT2D eigenvalue weighted by atomic mass is 10.1. The van der Waals surface area contributed by atoms with Crippen molar-refractivity contribution in [2.45, 2.75) is 31.9 Å². The molecule has 1 rings (SSSR count). The Morgan fingerprint density at radius 1 is 1.26 bits per heavy atom. The molecule has 0 bridgehead atoms. The third kappa shape index (κ3) is 7.77. The number of rotatable bonds is 9. The van der Waals surface area contributed by atoms with Crippen LogP contribution < -0.4 is 11.1 Å². The molecule has 3 N–H and O–H groups in total. The van der Waals surface area contributed by atoms with E-state index < -0.39 is 23.2 Å². The van der Waals surface area contributed by atoms with E-state index in [1.165, 1.54) is 0 Å². The minimum absolute atomic E-state index is 0.0203. The Kier molecular flexibility index (Phi) is 8.08. The molecule has 0 aliphatic heterocycles. The number of amides is 1. The second kappa shape index (κ2) is 10.1. The number of nitrogens with two attached hydrogens (primary N) is 1. The number of unbranched alkanes of at least 4 members (excludes halogenated alkanes) is 1. The van der Waals surface area contributed by atoms with Crippen molar-refractivity contribution in [1.29, 1.82) is 0 Å². The van der Waals surface area contributed by atoms with Crippen LogP contribution in [-0.4, -0.2) is 29.7 Å². The van der Waals surface area contributed by atoms with E-state index in [4.69, 9.17) is 10.5 Å². The normalized spacial score (nSPS) is 11.3. The van der Waals surface area contributed by atoms with Crippen LogP contribution in [0.2, 0.25) is 0 Å². The van der Waals surface area contributed by atoms with Crippen LogP contribution >= 0.6 is 0 Å². The first-order valence-corrected chi connectivity index (χ1v) is 7.06. The van der Waals surface area contributed by atoms with Gasteiger partial charge in [0.15, 0.2) is 0 Å². The lowest BCUT2D eigenvalue weighted by Crippen LogP contribution is -2.42. The number of nitrogens with one attached hydrogen (secondary N) is 1. The monoisotopic (exact) mass is 325 g/mol. The topological polar surface area (TPSA) is 134 Å². The zero-order valence-corrected chi connectivity index (χ0v) is 12.5. The van der Waals surface area contributed by atoms with Gasteiger partial charge in [-0.2, -0.15) is 0 Å².